The first-order chi connectivity index (χ1) is 12.1. The minimum atomic E-state index is -0.0928. The fraction of sp³-hybridized carbons (Fsp3) is 0.389. The van der Waals surface area contributed by atoms with E-state index in [1.54, 1.807) is 0 Å². The Morgan fingerprint density at radius 1 is 1.24 bits per heavy atom. The fourth-order valence-electron chi connectivity index (χ4n) is 3.34. The van der Waals surface area contributed by atoms with Crippen molar-refractivity contribution >= 4 is 16.9 Å². The predicted octanol–water partition coefficient (Wildman–Crippen LogP) is 2.05. The van der Waals surface area contributed by atoms with E-state index in [2.05, 4.69) is 30.8 Å². The normalized spacial score (nSPS) is 15.6. The maximum absolute atomic E-state index is 12.8. The summed E-state index contributed by atoms with van der Waals surface area (Å²) >= 11 is 0. The van der Waals surface area contributed by atoms with Crippen LogP contribution in [0.25, 0.3) is 22.6 Å². The highest BCUT2D eigenvalue weighted by atomic mass is 16.1. The van der Waals surface area contributed by atoms with E-state index in [4.69, 9.17) is 0 Å². The molecule has 0 atom stereocenters. The maximum Gasteiger partial charge on any atom is 0.255 e. The summed E-state index contributed by atoms with van der Waals surface area (Å²) in [4.78, 5) is 20.7. The van der Waals surface area contributed by atoms with Crippen LogP contribution in [0.4, 0.5) is 0 Å². The molecule has 1 fully saturated rings. The van der Waals surface area contributed by atoms with Gasteiger partial charge in [-0.2, -0.15) is 5.10 Å². The SMILES string of the molecule is Cc1ccc2nc(-c3n[nH]c(C)c3C(=O)NC3CCNCC3)[nH]c2c1. The van der Waals surface area contributed by atoms with Crippen LogP contribution < -0.4 is 10.6 Å². The third-order valence-electron chi connectivity index (χ3n) is 4.71. The summed E-state index contributed by atoms with van der Waals surface area (Å²) < 4.78 is 0. The molecular formula is C18H22N6O. The van der Waals surface area contributed by atoms with Gasteiger partial charge in [0, 0.05) is 11.7 Å². The van der Waals surface area contributed by atoms with E-state index in [1.165, 1.54) is 0 Å². The lowest BCUT2D eigenvalue weighted by Gasteiger charge is -2.23. The maximum atomic E-state index is 12.8. The van der Waals surface area contributed by atoms with Crippen LogP contribution in [0.15, 0.2) is 18.2 Å². The van der Waals surface area contributed by atoms with Gasteiger partial charge in [0.1, 0.15) is 5.69 Å². The van der Waals surface area contributed by atoms with Crippen molar-refractivity contribution in [3.63, 3.8) is 0 Å². The summed E-state index contributed by atoms with van der Waals surface area (Å²) in [5, 5.41) is 13.7. The van der Waals surface area contributed by atoms with Gasteiger partial charge in [0.05, 0.1) is 16.6 Å². The molecule has 25 heavy (non-hydrogen) atoms. The van der Waals surface area contributed by atoms with Gasteiger partial charge in [-0.05, 0) is 57.5 Å². The summed E-state index contributed by atoms with van der Waals surface area (Å²) in [7, 11) is 0. The monoisotopic (exact) mass is 338 g/mol. The van der Waals surface area contributed by atoms with Crippen LogP contribution in [0.3, 0.4) is 0 Å². The van der Waals surface area contributed by atoms with Crippen LogP contribution in [0.5, 0.6) is 0 Å². The number of nitrogens with zero attached hydrogens (tertiary/aromatic N) is 2. The molecule has 0 aliphatic carbocycles. The van der Waals surface area contributed by atoms with Crippen molar-refractivity contribution in [2.75, 3.05) is 13.1 Å². The van der Waals surface area contributed by atoms with E-state index in [0.29, 0.717) is 17.1 Å². The first kappa shape index (κ1) is 15.8. The van der Waals surface area contributed by atoms with Crippen LogP contribution in [-0.2, 0) is 0 Å². The molecule has 0 spiro atoms. The minimum absolute atomic E-state index is 0.0928. The number of aromatic amines is 2. The average Bonchev–Trinajstić information content (AvgIpc) is 3.18. The van der Waals surface area contributed by atoms with Crippen molar-refractivity contribution in [2.45, 2.75) is 32.7 Å². The number of fused-ring (bicyclic) bond motifs is 1. The molecule has 1 saturated heterocycles. The Bertz CT molecular complexity index is 919. The molecule has 2 aromatic heterocycles. The van der Waals surface area contributed by atoms with Crippen molar-refractivity contribution in [1.29, 1.82) is 0 Å². The number of nitrogens with one attached hydrogen (secondary N) is 4. The molecule has 4 rings (SSSR count). The van der Waals surface area contributed by atoms with Crippen molar-refractivity contribution in [1.82, 2.24) is 30.8 Å². The second-order valence-corrected chi connectivity index (χ2v) is 6.68. The van der Waals surface area contributed by atoms with E-state index in [-0.39, 0.29) is 11.9 Å². The number of H-pyrrole nitrogens is 2. The highest BCUT2D eigenvalue weighted by Crippen LogP contribution is 2.24. The first-order valence-corrected chi connectivity index (χ1v) is 8.65. The summed E-state index contributed by atoms with van der Waals surface area (Å²) in [6.45, 7) is 5.77. The van der Waals surface area contributed by atoms with Crippen LogP contribution >= 0.6 is 0 Å². The molecule has 1 aromatic carbocycles. The van der Waals surface area contributed by atoms with Gasteiger partial charge in [-0.15, -0.1) is 0 Å². The Morgan fingerprint density at radius 3 is 2.84 bits per heavy atom. The number of aryl methyl sites for hydroxylation is 2. The average molecular weight is 338 g/mol. The zero-order chi connectivity index (χ0) is 17.4. The Balaban J connectivity index is 1.67. The summed E-state index contributed by atoms with van der Waals surface area (Å²) in [5.74, 6) is 0.519. The van der Waals surface area contributed by atoms with E-state index >= 15 is 0 Å². The predicted molar refractivity (Wildman–Crippen MR) is 96.5 cm³/mol. The first-order valence-electron chi connectivity index (χ1n) is 8.65. The molecule has 0 radical (unpaired) electrons. The van der Waals surface area contributed by atoms with Crippen molar-refractivity contribution in [2.24, 2.45) is 0 Å². The molecule has 7 heteroatoms. The molecule has 3 aromatic rings. The Labute approximate surface area is 145 Å². The van der Waals surface area contributed by atoms with Crippen molar-refractivity contribution in [3.05, 3.63) is 35.0 Å². The van der Waals surface area contributed by atoms with Gasteiger partial charge in [-0.25, -0.2) is 4.98 Å². The molecule has 0 bridgehead atoms. The van der Waals surface area contributed by atoms with Crippen LogP contribution in [0.1, 0.15) is 34.5 Å². The van der Waals surface area contributed by atoms with Gasteiger partial charge in [0.25, 0.3) is 5.91 Å². The number of rotatable bonds is 3. The zero-order valence-corrected chi connectivity index (χ0v) is 14.4. The lowest BCUT2D eigenvalue weighted by molar-refractivity contribution is 0.0929. The van der Waals surface area contributed by atoms with Crippen molar-refractivity contribution < 1.29 is 4.79 Å². The van der Waals surface area contributed by atoms with Crippen LogP contribution in [0, 0.1) is 13.8 Å². The molecule has 1 amide bonds. The van der Waals surface area contributed by atoms with E-state index in [9.17, 15) is 4.79 Å². The number of piperidine rings is 1. The van der Waals surface area contributed by atoms with Gasteiger partial charge >= 0.3 is 0 Å². The van der Waals surface area contributed by atoms with Gasteiger partial charge in [0.2, 0.25) is 0 Å². The highest BCUT2D eigenvalue weighted by Gasteiger charge is 2.24. The fourth-order valence-corrected chi connectivity index (χ4v) is 3.34. The van der Waals surface area contributed by atoms with Crippen LogP contribution in [-0.4, -0.2) is 45.2 Å². The number of carbonyl (C=O) groups is 1. The number of hydrogen-bond acceptors (Lipinski definition) is 4. The summed E-state index contributed by atoms with van der Waals surface area (Å²) in [6, 6.07) is 6.24. The molecule has 0 unspecified atom stereocenters. The molecular weight excluding hydrogens is 316 g/mol. The third-order valence-corrected chi connectivity index (χ3v) is 4.71. The zero-order valence-electron chi connectivity index (χ0n) is 14.4. The lowest BCUT2D eigenvalue weighted by atomic mass is 10.1. The molecule has 3 heterocycles. The number of hydrogen-bond donors (Lipinski definition) is 4. The molecule has 130 valence electrons. The lowest BCUT2D eigenvalue weighted by Crippen LogP contribution is -2.42. The molecule has 1 aliphatic heterocycles. The van der Waals surface area contributed by atoms with Gasteiger partial charge < -0.3 is 15.6 Å². The molecule has 1 aliphatic rings. The Morgan fingerprint density at radius 2 is 2.04 bits per heavy atom. The summed E-state index contributed by atoms with van der Waals surface area (Å²) in [6.07, 6.45) is 1.89. The second-order valence-electron chi connectivity index (χ2n) is 6.68. The molecule has 4 N–H and O–H groups in total. The topological polar surface area (TPSA) is 98.5 Å². The number of imidazole rings is 1. The van der Waals surface area contributed by atoms with Crippen LogP contribution in [0.2, 0.25) is 0 Å². The van der Waals surface area contributed by atoms with Crippen molar-refractivity contribution in [3.8, 4) is 11.5 Å². The van der Waals surface area contributed by atoms with E-state index < -0.39 is 0 Å². The number of carbonyl (C=O) groups excluding carboxylic acids is 1. The third kappa shape index (κ3) is 3.02. The largest absolute Gasteiger partial charge is 0.349 e. The van der Waals surface area contributed by atoms with E-state index in [1.807, 2.05) is 32.0 Å². The second kappa shape index (κ2) is 6.33. The van der Waals surface area contributed by atoms with E-state index in [0.717, 1.165) is 48.2 Å². The number of amides is 1. The quantitative estimate of drug-likeness (QED) is 0.587. The summed E-state index contributed by atoms with van der Waals surface area (Å²) in [5.41, 5.74) is 4.85. The Kier molecular flexibility index (Phi) is 4.01. The minimum Gasteiger partial charge on any atom is -0.349 e. The standard InChI is InChI=1S/C18H22N6O/c1-10-3-4-13-14(9-10)22-17(21-13)16-15(11(2)23-24-16)18(25)20-12-5-7-19-8-6-12/h3-4,9,12,19H,5-8H2,1-2H3,(H,20,25)(H,21,22)(H,23,24). The van der Waals surface area contributed by atoms with Gasteiger partial charge in [-0.1, -0.05) is 6.07 Å². The smallest absolute Gasteiger partial charge is 0.255 e. The number of benzene rings is 1. The number of aromatic nitrogens is 4. The molecule has 7 nitrogen and oxygen atoms in total. The molecule has 0 saturated carbocycles. The Hall–Kier alpha value is -2.67. The van der Waals surface area contributed by atoms with Gasteiger partial charge in [0.15, 0.2) is 5.82 Å². The van der Waals surface area contributed by atoms with Gasteiger partial charge in [-0.3, -0.25) is 9.89 Å². The highest BCUT2D eigenvalue weighted by molar-refractivity contribution is 6.01.